The van der Waals surface area contributed by atoms with Crippen LogP contribution >= 0.6 is 22.9 Å². The summed E-state index contributed by atoms with van der Waals surface area (Å²) in [6.45, 7) is 3.39. The summed E-state index contributed by atoms with van der Waals surface area (Å²) in [5, 5.41) is 5.01. The zero-order chi connectivity index (χ0) is 14.7. The molecule has 0 aliphatic carbocycles. The molecule has 2 aromatic carbocycles. The summed E-state index contributed by atoms with van der Waals surface area (Å²) in [6.07, 6.45) is 0. The van der Waals surface area contributed by atoms with E-state index in [1.165, 1.54) is 5.56 Å². The third-order valence-electron chi connectivity index (χ3n) is 3.03. The summed E-state index contributed by atoms with van der Waals surface area (Å²) in [4.78, 5) is 4.57. The van der Waals surface area contributed by atoms with Gasteiger partial charge in [-0.25, -0.2) is 4.98 Å². The summed E-state index contributed by atoms with van der Waals surface area (Å²) < 4.78 is 6.63. The van der Waals surface area contributed by atoms with Gasteiger partial charge in [-0.05, 0) is 42.8 Å². The van der Waals surface area contributed by atoms with Gasteiger partial charge in [0.05, 0.1) is 16.8 Å². The Hall–Kier alpha value is -1.78. The lowest BCUT2D eigenvalue weighted by Crippen LogP contribution is -1.98. The summed E-state index contributed by atoms with van der Waals surface area (Å²) in [5.41, 5.74) is 2.16. The Morgan fingerprint density at radius 1 is 1.19 bits per heavy atom. The molecule has 0 saturated carbocycles. The minimum atomic E-state index is 0.673. The first-order chi connectivity index (χ1) is 10.2. The number of fused-ring (bicyclic) bond motifs is 1. The van der Waals surface area contributed by atoms with Crippen molar-refractivity contribution in [1.82, 2.24) is 4.98 Å². The first-order valence-corrected chi connectivity index (χ1v) is 7.96. The summed E-state index contributed by atoms with van der Waals surface area (Å²) in [7, 11) is 0. The van der Waals surface area contributed by atoms with Crippen LogP contribution < -0.4 is 10.1 Å². The number of aromatic nitrogens is 1. The van der Waals surface area contributed by atoms with Crippen LogP contribution in [-0.2, 0) is 6.54 Å². The molecule has 3 nitrogen and oxygen atoms in total. The van der Waals surface area contributed by atoms with Crippen LogP contribution in [0.2, 0.25) is 5.02 Å². The number of thiazole rings is 1. The molecule has 1 aromatic heterocycles. The molecule has 0 bridgehead atoms. The van der Waals surface area contributed by atoms with Crippen LogP contribution in [0.3, 0.4) is 0 Å². The molecule has 0 amide bonds. The highest BCUT2D eigenvalue weighted by atomic mass is 35.5. The van der Waals surface area contributed by atoms with Crippen molar-refractivity contribution in [2.24, 2.45) is 0 Å². The molecule has 21 heavy (non-hydrogen) atoms. The van der Waals surface area contributed by atoms with Crippen LogP contribution in [0.15, 0.2) is 42.5 Å². The maximum absolute atomic E-state index is 5.88. The topological polar surface area (TPSA) is 34.1 Å². The summed E-state index contributed by atoms with van der Waals surface area (Å²) in [5.74, 6) is 0.887. The Balaban J connectivity index is 1.73. The lowest BCUT2D eigenvalue weighted by atomic mass is 10.2. The van der Waals surface area contributed by atoms with E-state index in [1.54, 1.807) is 11.3 Å². The first-order valence-electron chi connectivity index (χ1n) is 6.76. The van der Waals surface area contributed by atoms with E-state index >= 15 is 0 Å². The van der Waals surface area contributed by atoms with Gasteiger partial charge in [0.2, 0.25) is 0 Å². The Morgan fingerprint density at radius 3 is 2.76 bits per heavy atom. The summed E-state index contributed by atoms with van der Waals surface area (Å²) in [6, 6.07) is 13.8. The number of rotatable bonds is 5. The Bertz CT molecular complexity index is 740. The first kappa shape index (κ1) is 14.2. The smallest absolute Gasteiger partial charge is 0.184 e. The van der Waals surface area contributed by atoms with Crippen molar-refractivity contribution in [2.75, 3.05) is 11.9 Å². The molecular weight excluding hydrogens is 304 g/mol. The number of anilines is 1. The molecule has 0 radical (unpaired) electrons. The number of ether oxygens (including phenoxy) is 1. The molecule has 1 heterocycles. The van der Waals surface area contributed by atoms with Gasteiger partial charge in [-0.2, -0.15) is 0 Å². The quantitative estimate of drug-likeness (QED) is 0.722. The van der Waals surface area contributed by atoms with E-state index in [-0.39, 0.29) is 0 Å². The van der Waals surface area contributed by atoms with Crippen LogP contribution in [0.1, 0.15) is 12.5 Å². The SMILES string of the molecule is CCOc1ccc2nc(NCc3ccc(Cl)cc3)sc2c1. The highest BCUT2D eigenvalue weighted by molar-refractivity contribution is 7.22. The van der Waals surface area contributed by atoms with E-state index < -0.39 is 0 Å². The molecule has 0 aliphatic rings. The molecule has 0 aliphatic heterocycles. The van der Waals surface area contributed by atoms with Crippen molar-refractivity contribution >= 4 is 38.3 Å². The molecule has 0 atom stereocenters. The maximum atomic E-state index is 5.88. The van der Waals surface area contributed by atoms with Crippen LogP contribution in [0, 0.1) is 0 Å². The van der Waals surface area contributed by atoms with Gasteiger partial charge in [0, 0.05) is 11.6 Å². The highest BCUT2D eigenvalue weighted by Gasteiger charge is 2.05. The van der Waals surface area contributed by atoms with Crippen LogP contribution in [0.5, 0.6) is 5.75 Å². The third kappa shape index (κ3) is 3.46. The maximum Gasteiger partial charge on any atom is 0.184 e. The Labute approximate surface area is 132 Å². The standard InChI is InChI=1S/C16H15ClN2OS/c1-2-20-13-7-8-14-15(9-13)21-16(19-14)18-10-11-3-5-12(17)6-4-11/h3-9H,2,10H2,1H3,(H,18,19). The van der Waals surface area contributed by atoms with Crippen molar-refractivity contribution in [3.05, 3.63) is 53.1 Å². The van der Waals surface area contributed by atoms with E-state index in [9.17, 15) is 0 Å². The predicted octanol–water partition coefficient (Wildman–Crippen LogP) is 4.96. The molecule has 0 fully saturated rings. The van der Waals surface area contributed by atoms with Crippen molar-refractivity contribution in [3.63, 3.8) is 0 Å². The molecule has 0 spiro atoms. The number of hydrogen-bond acceptors (Lipinski definition) is 4. The molecule has 108 valence electrons. The fraction of sp³-hybridized carbons (Fsp3) is 0.188. The average Bonchev–Trinajstić information content (AvgIpc) is 2.89. The van der Waals surface area contributed by atoms with E-state index in [0.717, 1.165) is 32.7 Å². The molecular formula is C16H15ClN2OS. The Kier molecular flexibility index (Phi) is 4.27. The van der Waals surface area contributed by atoms with E-state index in [0.29, 0.717) is 6.61 Å². The van der Waals surface area contributed by atoms with Gasteiger partial charge >= 0.3 is 0 Å². The van der Waals surface area contributed by atoms with Gasteiger partial charge in [-0.3, -0.25) is 0 Å². The fourth-order valence-corrected chi connectivity index (χ4v) is 3.03. The van der Waals surface area contributed by atoms with Crippen molar-refractivity contribution < 1.29 is 4.74 Å². The zero-order valence-corrected chi connectivity index (χ0v) is 13.2. The van der Waals surface area contributed by atoms with Gasteiger partial charge in [0.25, 0.3) is 0 Å². The fourth-order valence-electron chi connectivity index (χ4n) is 2.02. The molecule has 0 saturated heterocycles. The van der Waals surface area contributed by atoms with Crippen molar-refractivity contribution in [3.8, 4) is 5.75 Å². The van der Waals surface area contributed by atoms with E-state index in [4.69, 9.17) is 16.3 Å². The van der Waals surface area contributed by atoms with Gasteiger partial charge in [0.15, 0.2) is 5.13 Å². The minimum Gasteiger partial charge on any atom is -0.494 e. The lowest BCUT2D eigenvalue weighted by Gasteiger charge is -2.02. The molecule has 0 unspecified atom stereocenters. The molecule has 1 N–H and O–H groups in total. The zero-order valence-electron chi connectivity index (χ0n) is 11.6. The van der Waals surface area contributed by atoms with Crippen molar-refractivity contribution in [1.29, 1.82) is 0 Å². The highest BCUT2D eigenvalue weighted by Crippen LogP contribution is 2.29. The monoisotopic (exact) mass is 318 g/mol. The van der Waals surface area contributed by atoms with Crippen molar-refractivity contribution in [2.45, 2.75) is 13.5 Å². The number of hydrogen-bond donors (Lipinski definition) is 1. The minimum absolute atomic E-state index is 0.673. The number of benzene rings is 2. The van der Waals surface area contributed by atoms with Crippen LogP contribution in [0.25, 0.3) is 10.2 Å². The normalized spacial score (nSPS) is 10.8. The second kappa shape index (κ2) is 6.33. The predicted molar refractivity (Wildman–Crippen MR) is 89.6 cm³/mol. The van der Waals surface area contributed by atoms with E-state index in [1.807, 2.05) is 49.4 Å². The largest absolute Gasteiger partial charge is 0.494 e. The second-order valence-corrected chi connectivity index (χ2v) is 6.03. The summed E-state index contributed by atoms with van der Waals surface area (Å²) >= 11 is 7.51. The molecule has 3 rings (SSSR count). The van der Waals surface area contributed by atoms with Gasteiger partial charge in [-0.1, -0.05) is 35.1 Å². The van der Waals surface area contributed by atoms with Gasteiger partial charge in [-0.15, -0.1) is 0 Å². The molecule has 5 heteroatoms. The average molecular weight is 319 g/mol. The van der Waals surface area contributed by atoms with Crippen LogP contribution in [0.4, 0.5) is 5.13 Å². The number of nitrogens with zero attached hydrogens (tertiary/aromatic N) is 1. The second-order valence-electron chi connectivity index (χ2n) is 4.56. The van der Waals surface area contributed by atoms with Gasteiger partial charge in [0.1, 0.15) is 5.75 Å². The Morgan fingerprint density at radius 2 is 2.00 bits per heavy atom. The number of nitrogens with one attached hydrogen (secondary N) is 1. The lowest BCUT2D eigenvalue weighted by molar-refractivity contribution is 0.341. The molecule has 3 aromatic rings. The van der Waals surface area contributed by atoms with Gasteiger partial charge < -0.3 is 10.1 Å². The third-order valence-corrected chi connectivity index (χ3v) is 4.26. The van der Waals surface area contributed by atoms with E-state index in [2.05, 4.69) is 10.3 Å². The number of halogens is 1. The van der Waals surface area contributed by atoms with Crippen LogP contribution in [-0.4, -0.2) is 11.6 Å².